The predicted molar refractivity (Wildman–Crippen MR) is 89.8 cm³/mol. The van der Waals surface area contributed by atoms with Crippen LogP contribution in [0.25, 0.3) is 0 Å². The Morgan fingerprint density at radius 1 is 1.43 bits per heavy atom. The number of hydrogen-bond acceptors (Lipinski definition) is 3. The van der Waals surface area contributed by atoms with Crippen molar-refractivity contribution in [3.8, 4) is 0 Å². The van der Waals surface area contributed by atoms with Crippen LogP contribution in [0.1, 0.15) is 37.8 Å². The van der Waals surface area contributed by atoms with Gasteiger partial charge in [0.15, 0.2) is 0 Å². The molecule has 4 nitrogen and oxygen atoms in total. The minimum absolute atomic E-state index is 0.0285. The van der Waals surface area contributed by atoms with Crippen molar-refractivity contribution >= 4 is 33.2 Å². The Bertz CT molecular complexity index is 557. The first-order chi connectivity index (χ1) is 10.1. The first-order valence-electron chi connectivity index (χ1n) is 7.70. The fourth-order valence-corrected chi connectivity index (χ4v) is 3.60. The maximum atomic E-state index is 12.0. The number of likely N-dealkylation sites (N-methyl/N-ethyl adjacent to an activating group) is 1. The molecular formula is C16H22BrN3O. The Morgan fingerprint density at radius 3 is 2.81 bits per heavy atom. The molecule has 0 radical (unpaired) electrons. The molecule has 0 bridgehead atoms. The average molecular weight is 352 g/mol. The van der Waals surface area contributed by atoms with Crippen LogP contribution in [-0.4, -0.2) is 26.0 Å². The lowest BCUT2D eigenvalue weighted by atomic mass is 10.1. The third kappa shape index (κ3) is 2.94. The molecule has 1 aliphatic carbocycles. The monoisotopic (exact) mass is 351 g/mol. The summed E-state index contributed by atoms with van der Waals surface area (Å²) in [5.41, 5.74) is 3.16. The molecule has 1 saturated carbocycles. The molecule has 0 saturated heterocycles. The molecule has 3 rings (SSSR count). The summed E-state index contributed by atoms with van der Waals surface area (Å²) in [5, 5.41) is 6.05. The summed E-state index contributed by atoms with van der Waals surface area (Å²) in [5.74, 6) is 0.872. The summed E-state index contributed by atoms with van der Waals surface area (Å²) < 4.78 is 1.08. The molecule has 1 aliphatic heterocycles. The molecule has 1 heterocycles. The predicted octanol–water partition coefficient (Wildman–Crippen LogP) is 3.29. The van der Waals surface area contributed by atoms with Crippen LogP contribution in [0.5, 0.6) is 0 Å². The number of amides is 1. The fraction of sp³-hybridized carbons (Fsp3) is 0.562. The van der Waals surface area contributed by atoms with Crippen molar-refractivity contribution < 1.29 is 4.79 Å². The van der Waals surface area contributed by atoms with Gasteiger partial charge in [-0.2, -0.15) is 0 Å². The zero-order valence-corrected chi connectivity index (χ0v) is 14.2. The van der Waals surface area contributed by atoms with Crippen molar-refractivity contribution in [3.05, 3.63) is 22.2 Å². The second-order valence-corrected chi connectivity index (χ2v) is 6.85. The molecule has 2 aliphatic rings. The van der Waals surface area contributed by atoms with Gasteiger partial charge in [0.05, 0.1) is 5.69 Å². The minimum atomic E-state index is -0.242. The van der Waals surface area contributed by atoms with Crippen LogP contribution >= 0.6 is 15.9 Å². The minimum Gasteiger partial charge on any atom is -0.370 e. The van der Waals surface area contributed by atoms with Gasteiger partial charge in [-0.1, -0.05) is 6.92 Å². The second kappa shape index (κ2) is 5.97. The fourth-order valence-electron chi connectivity index (χ4n) is 2.99. The van der Waals surface area contributed by atoms with E-state index in [1.165, 1.54) is 18.5 Å². The molecule has 1 unspecified atom stereocenters. The highest BCUT2D eigenvalue weighted by Gasteiger charge is 2.31. The summed E-state index contributed by atoms with van der Waals surface area (Å²) >= 11 is 3.70. The van der Waals surface area contributed by atoms with E-state index >= 15 is 0 Å². The van der Waals surface area contributed by atoms with E-state index in [9.17, 15) is 4.79 Å². The molecule has 0 aromatic heterocycles. The van der Waals surface area contributed by atoms with E-state index < -0.39 is 0 Å². The van der Waals surface area contributed by atoms with Crippen LogP contribution in [0.15, 0.2) is 16.6 Å². The standard InChI is InChI=1S/C16H22BrN3O/c1-3-6-20(9-10-4-5-10)14-8-13-11(7-12(14)17)15(18-2)16(21)19-13/h7-8,10,15,18H,3-6,9H2,1-2H3,(H,19,21). The van der Waals surface area contributed by atoms with Gasteiger partial charge in [0.1, 0.15) is 6.04 Å². The van der Waals surface area contributed by atoms with E-state index in [1.54, 1.807) is 0 Å². The molecule has 2 N–H and O–H groups in total. The number of hydrogen-bond donors (Lipinski definition) is 2. The topological polar surface area (TPSA) is 44.4 Å². The smallest absolute Gasteiger partial charge is 0.246 e. The Kier molecular flexibility index (Phi) is 4.22. The van der Waals surface area contributed by atoms with Gasteiger partial charge in [0, 0.05) is 28.8 Å². The Labute approximate surface area is 134 Å². The van der Waals surface area contributed by atoms with Gasteiger partial charge in [-0.15, -0.1) is 0 Å². The van der Waals surface area contributed by atoms with Gasteiger partial charge in [-0.25, -0.2) is 0 Å². The first kappa shape index (κ1) is 14.9. The van der Waals surface area contributed by atoms with Crippen LogP contribution in [-0.2, 0) is 4.79 Å². The van der Waals surface area contributed by atoms with Gasteiger partial charge in [0.2, 0.25) is 5.91 Å². The number of carbonyl (C=O) groups is 1. The lowest BCUT2D eigenvalue weighted by molar-refractivity contribution is -0.117. The maximum absolute atomic E-state index is 12.0. The van der Waals surface area contributed by atoms with Gasteiger partial charge in [0.25, 0.3) is 0 Å². The number of nitrogens with one attached hydrogen (secondary N) is 2. The number of benzene rings is 1. The maximum Gasteiger partial charge on any atom is 0.246 e. The van der Waals surface area contributed by atoms with Gasteiger partial charge in [-0.05, 0) is 60.3 Å². The number of nitrogens with zero attached hydrogens (tertiary/aromatic N) is 1. The third-order valence-electron chi connectivity index (χ3n) is 4.25. The largest absolute Gasteiger partial charge is 0.370 e. The molecular weight excluding hydrogens is 330 g/mol. The summed E-state index contributed by atoms with van der Waals surface area (Å²) in [6.07, 6.45) is 3.82. The van der Waals surface area contributed by atoms with E-state index in [2.05, 4.69) is 50.5 Å². The van der Waals surface area contributed by atoms with E-state index in [-0.39, 0.29) is 11.9 Å². The molecule has 1 aromatic rings. The molecule has 21 heavy (non-hydrogen) atoms. The lowest BCUT2D eigenvalue weighted by Gasteiger charge is -2.26. The van der Waals surface area contributed by atoms with E-state index in [4.69, 9.17) is 0 Å². The van der Waals surface area contributed by atoms with Crippen molar-refractivity contribution in [2.24, 2.45) is 5.92 Å². The first-order valence-corrected chi connectivity index (χ1v) is 8.49. The van der Waals surface area contributed by atoms with E-state index in [1.807, 2.05) is 7.05 Å². The molecule has 1 amide bonds. The molecule has 0 spiro atoms. The molecule has 5 heteroatoms. The quantitative estimate of drug-likeness (QED) is 0.826. The van der Waals surface area contributed by atoms with Crippen molar-refractivity contribution in [1.29, 1.82) is 0 Å². The van der Waals surface area contributed by atoms with Gasteiger partial charge in [-0.3, -0.25) is 4.79 Å². The zero-order valence-electron chi connectivity index (χ0n) is 12.6. The van der Waals surface area contributed by atoms with Crippen molar-refractivity contribution in [1.82, 2.24) is 5.32 Å². The Morgan fingerprint density at radius 2 is 2.19 bits per heavy atom. The van der Waals surface area contributed by atoms with Crippen LogP contribution in [0.2, 0.25) is 0 Å². The molecule has 1 atom stereocenters. The molecule has 114 valence electrons. The number of fused-ring (bicyclic) bond motifs is 1. The number of rotatable bonds is 6. The van der Waals surface area contributed by atoms with Gasteiger partial charge >= 0.3 is 0 Å². The normalized spacial score (nSPS) is 20.3. The summed E-state index contributed by atoms with van der Waals surface area (Å²) in [6.45, 7) is 4.38. The number of anilines is 2. The summed E-state index contributed by atoms with van der Waals surface area (Å²) in [4.78, 5) is 14.4. The second-order valence-electron chi connectivity index (χ2n) is 5.99. The van der Waals surface area contributed by atoms with Gasteiger partial charge < -0.3 is 15.5 Å². The Hall–Kier alpha value is -1.07. The average Bonchev–Trinajstić information content (AvgIpc) is 3.20. The molecule has 1 aromatic carbocycles. The summed E-state index contributed by atoms with van der Waals surface area (Å²) in [6, 6.07) is 3.96. The van der Waals surface area contributed by atoms with Crippen LogP contribution in [0.4, 0.5) is 11.4 Å². The SMILES string of the molecule is CCCN(CC1CC1)c1cc2c(cc1Br)C(NC)C(=O)N2. The van der Waals surface area contributed by atoms with Crippen LogP contribution < -0.4 is 15.5 Å². The highest BCUT2D eigenvalue weighted by atomic mass is 79.9. The number of halogens is 1. The Balaban J connectivity index is 1.92. The highest BCUT2D eigenvalue weighted by Crippen LogP contribution is 2.40. The van der Waals surface area contributed by atoms with E-state index in [0.29, 0.717) is 0 Å². The van der Waals surface area contributed by atoms with Crippen molar-refractivity contribution in [3.63, 3.8) is 0 Å². The van der Waals surface area contributed by atoms with Crippen LogP contribution in [0.3, 0.4) is 0 Å². The lowest BCUT2D eigenvalue weighted by Crippen LogP contribution is -2.27. The van der Waals surface area contributed by atoms with Crippen LogP contribution in [0, 0.1) is 5.92 Å². The van der Waals surface area contributed by atoms with Crippen molar-refractivity contribution in [2.75, 3.05) is 30.4 Å². The third-order valence-corrected chi connectivity index (χ3v) is 4.88. The van der Waals surface area contributed by atoms with E-state index in [0.717, 1.165) is 41.2 Å². The zero-order chi connectivity index (χ0) is 15.0. The molecule has 1 fully saturated rings. The summed E-state index contributed by atoms with van der Waals surface area (Å²) in [7, 11) is 1.82. The van der Waals surface area contributed by atoms with Crippen molar-refractivity contribution in [2.45, 2.75) is 32.2 Å². The highest BCUT2D eigenvalue weighted by molar-refractivity contribution is 9.10. The number of carbonyl (C=O) groups excluding carboxylic acids is 1.